The van der Waals surface area contributed by atoms with Crippen LogP contribution >= 0.6 is 0 Å². The Labute approximate surface area is 217 Å². The fraction of sp³-hybridized carbons (Fsp3) is 0.250. The van der Waals surface area contributed by atoms with Crippen molar-refractivity contribution < 1.29 is 8.81 Å². The van der Waals surface area contributed by atoms with Crippen molar-refractivity contribution in [1.82, 2.24) is 40.4 Å². The predicted molar refractivity (Wildman–Crippen MR) is 141 cm³/mol. The third-order valence-corrected chi connectivity index (χ3v) is 7.31. The summed E-state index contributed by atoms with van der Waals surface area (Å²) in [6.45, 7) is 1.69. The van der Waals surface area contributed by atoms with Gasteiger partial charge >= 0.3 is 0 Å². The van der Waals surface area contributed by atoms with Gasteiger partial charge in [0.25, 0.3) is 0 Å². The first kappa shape index (κ1) is 22.7. The summed E-state index contributed by atoms with van der Waals surface area (Å²) in [7, 11) is 0. The molecule has 6 aromatic heterocycles. The smallest absolute Gasteiger partial charge is 0.161 e. The van der Waals surface area contributed by atoms with Gasteiger partial charge in [-0.05, 0) is 49.1 Å². The van der Waals surface area contributed by atoms with Crippen LogP contribution in [0.1, 0.15) is 31.2 Å². The summed E-state index contributed by atoms with van der Waals surface area (Å²) in [4.78, 5) is 21.1. The van der Waals surface area contributed by atoms with Gasteiger partial charge in [-0.3, -0.25) is 10.1 Å². The zero-order chi connectivity index (χ0) is 25.5. The molecule has 7 rings (SSSR count). The number of hydrogen-bond donors (Lipinski definition) is 3. The van der Waals surface area contributed by atoms with Crippen molar-refractivity contribution in [2.75, 3.05) is 6.54 Å². The van der Waals surface area contributed by atoms with Gasteiger partial charge in [-0.15, -0.1) is 0 Å². The van der Waals surface area contributed by atoms with Crippen LogP contribution in [0.5, 0.6) is 0 Å². The summed E-state index contributed by atoms with van der Waals surface area (Å²) in [5, 5.41) is 11.0. The molecule has 1 aliphatic rings. The number of nitrogens with one attached hydrogen (secondary N) is 3. The van der Waals surface area contributed by atoms with Crippen LogP contribution in [0.15, 0.2) is 59.9 Å². The lowest BCUT2D eigenvalue weighted by molar-refractivity contribution is 0.489. The zero-order valence-corrected chi connectivity index (χ0v) is 20.5. The Balaban J connectivity index is 1.23. The monoisotopic (exact) mass is 508 g/mol. The number of imidazole rings is 1. The quantitative estimate of drug-likeness (QED) is 0.255. The standard InChI is InChI=1S/C28H25FN8O/c29-23-21(19-9-17(12-31-13-19)11-30-10-16-3-1-2-4-16)14-33-26-22(23)25(36-37-26)28-34-24-20(18-6-8-38-15-18)5-7-32-27(24)35-28/h5-9,12-16,30H,1-4,10-11H2,(H,32,34,35)(H,33,36,37). The molecule has 0 bridgehead atoms. The molecule has 0 spiro atoms. The van der Waals surface area contributed by atoms with Crippen molar-refractivity contribution in [3.8, 4) is 33.8 Å². The Kier molecular flexibility index (Phi) is 5.66. The highest BCUT2D eigenvalue weighted by molar-refractivity contribution is 5.96. The minimum absolute atomic E-state index is 0.260. The van der Waals surface area contributed by atoms with Crippen molar-refractivity contribution in [3.05, 3.63) is 66.9 Å². The maximum Gasteiger partial charge on any atom is 0.161 e. The van der Waals surface area contributed by atoms with Gasteiger partial charge in [0.15, 0.2) is 17.1 Å². The normalized spacial score (nSPS) is 14.2. The van der Waals surface area contributed by atoms with Crippen LogP contribution < -0.4 is 5.32 Å². The van der Waals surface area contributed by atoms with Crippen molar-refractivity contribution >= 4 is 22.2 Å². The van der Waals surface area contributed by atoms with E-state index >= 15 is 4.39 Å². The first-order chi connectivity index (χ1) is 18.7. The van der Waals surface area contributed by atoms with E-state index in [0.717, 1.165) is 29.2 Å². The molecule has 1 saturated carbocycles. The second-order valence-electron chi connectivity index (χ2n) is 9.80. The average molecular weight is 509 g/mol. The summed E-state index contributed by atoms with van der Waals surface area (Å²) in [5.41, 5.74) is 5.65. The lowest BCUT2D eigenvalue weighted by Crippen LogP contribution is -2.20. The molecule has 0 radical (unpaired) electrons. The van der Waals surface area contributed by atoms with Crippen molar-refractivity contribution in [2.45, 2.75) is 32.2 Å². The van der Waals surface area contributed by atoms with Crippen LogP contribution in [0.3, 0.4) is 0 Å². The number of rotatable bonds is 7. The molecule has 1 fully saturated rings. The number of hydrogen-bond acceptors (Lipinski definition) is 7. The Morgan fingerprint density at radius 1 is 1.03 bits per heavy atom. The maximum atomic E-state index is 16.1. The van der Waals surface area contributed by atoms with Gasteiger partial charge in [0, 0.05) is 53.6 Å². The van der Waals surface area contributed by atoms with Crippen LogP contribution in [-0.4, -0.2) is 41.7 Å². The molecule has 0 aliphatic heterocycles. The van der Waals surface area contributed by atoms with E-state index in [9.17, 15) is 0 Å². The van der Waals surface area contributed by atoms with Gasteiger partial charge < -0.3 is 14.7 Å². The van der Waals surface area contributed by atoms with E-state index in [1.54, 1.807) is 24.9 Å². The molecule has 0 atom stereocenters. The fourth-order valence-electron chi connectivity index (χ4n) is 5.37. The summed E-state index contributed by atoms with van der Waals surface area (Å²) >= 11 is 0. The highest BCUT2D eigenvalue weighted by Crippen LogP contribution is 2.34. The molecular weight excluding hydrogens is 483 g/mol. The molecule has 190 valence electrons. The van der Waals surface area contributed by atoms with E-state index in [1.165, 1.54) is 31.9 Å². The average Bonchev–Trinajstić information content (AvgIpc) is 3.75. The van der Waals surface area contributed by atoms with Crippen LogP contribution in [0.25, 0.3) is 56.0 Å². The summed E-state index contributed by atoms with van der Waals surface area (Å²) in [6.07, 6.45) is 15.2. The number of H-pyrrole nitrogens is 2. The number of fused-ring (bicyclic) bond motifs is 2. The molecule has 6 heterocycles. The molecular formula is C28H25FN8O. The van der Waals surface area contributed by atoms with E-state index in [0.29, 0.717) is 46.0 Å². The topological polar surface area (TPSA) is 121 Å². The van der Waals surface area contributed by atoms with E-state index in [1.807, 2.05) is 24.4 Å². The Hall–Kier alpha value is -4.44. The number of furan rings is 1. The molecule has 0 unspecified atom stereocenters. The molecule has 1 aliphatic carbocycles. The second kappa shape index (κ2) is 9.46. The number of nitrogens with zero attached hydrogens (tertiary/aromatic N) is 5. The van der Waals surface area contributed by atoms with Crippen LogP contribution in [-0.2, 0) is 6.54 Å². The van der Waals surface area contributed by atoms with E-state index in [4.69, 9.17) is 9.40 Å². The van der Waals surface area contributed by atoms with Gasteiger partial charge in [-0.2, -0.15) is 5.10 Å². The van der Waals surface area contributed by atoms with Crippen molar-refractivity contribution in [3.63, 3.8) is 0 Å². The summed E-state index contributed by atoms with van der Waals surface area (Å²) in [6, 6.07) is 5.68. The first-order valence-electron chi connectivity index (χ1n) is 12.8. The minimum atomic E-state index is -0.430. The Morgan fingerprint density at radius 2 is 1.95 bits per heavy atom. The lowest BCUT2D eigenvalue weighted by atomic mass is 10.0. The minimum Gasteiger partial charge on any atom is -0.472 e. The molecule has 0 amide bonds. The van der Waals surface area contributed by atoms with Gasteiger partial charge in [0.2, 0.25) is 0 Å². The summed E-state index contributed by atoms with van der Waals surface area (Å²) < 4.78 is 21.3. The Bertz CT molecular complexity index is 1730. The summed E-state index contributed by atoms with van der Waals surface area (Å²) in [5.74, 6) is 0.717. The third-order valence-electron chi connectivity index (χ3n) is 7.31. The lowest BCUT2D eigenvalue weighted by Gasteiger charge is -2.11. The van der Waals surface area contributed by atoms with Gasteiger partial charge in [-0.25, -0.2) is 19.3 Å². The van der Waals surface area contributed by atoms with E-state index in [-0.39, 0.29) is 5.39 Å². The maximum absolute atomic E-state index is 16.1. The van der Waals surface area contributed by atoms with Gasteiger partial charge in [0.05, 0.1) is 17.9 Å². The van der Waals surface area contributed by atoms with Gasteiger partial charge in [-0.1, -0.05) is 12.8 Å². The van der Waals surface area contributed by atoms with Crippen molar-refractivity contribution in [2.24, 2.45) is 5.92 Å². The molecule has 6 aromatic rings. The largest absolute Gasteiger partial charge is 0.472 e. The highest BCUT2D eigenvalue weighted by atomic mass is 19.1. The SMILES string of the molecule is Fc1c(-c2cncc(CNCC3CCCC3)c2)cnc2[nH]nc(-c3nc4c(-c5ccoc5)ccnc4[nH]3)c12. The van der Waals surface area contributed by atoms with Crippen LogP contribution in [0, 0.1) is 11.7 Å². The molecule has 0 aromatic carbocycles. The molecule has 3 N–H and O–H groups in total. The molecule has 9 nitrogen and oxygen atoms in total. The molecule has 10 heteroatoms. The second-order valence-corrected chi connectivity index (χ2v) is 9.80. The number of aromatic amines is 2. The van der Waals surface area contributed by atoms with Crippen molar-refractivity contribution in [1.29, 1.82) is 0 Å². The van der Waals surface area contributed by atoms with Crippen LogP contribution in [0.2, 0.25) is 0 Å². The number of halogens is 1. The van der Waals surface area contributed by atoms with E-state index < -0.39 is 5.82 Å². The Morgan fingerprint density at radius 3 is 2.82 bits per heavy atom. The predicted octanol–water partition coefficient (Wildman–Crippen LogP) is 5.64. The number of aromatic nitrogens is 7. The fourth-order valence-corrected chi connectivity index (χ4v) is 5.37. The van der Waals surface area contributed by atoms with E-state index in [2.05, 4.69) is 35.5 Å². The third kappa shape index (κ3) is 4.03. The first-order valence-corrected chi connectivity index (χ1v) is 12.8. The molecule has 38 heavy (non-hydrogen) atoms. The zero-order valence-electron chi connectivity index (χ0n) is 20.5. The van der Waals surface area contributed by atoms with Gasteiger partial charge in [0.1, 0.15) is 17.0 Å². The number of pyridine rings is 3. The molecule has 0 saturated heterocycles. The highest BCUT2D eigenvalue weighted by Gasteiger charge is 2.22. The van der Waals surface area contributed by atoms with Crippen LogP contribution in [0.4, 0.5) is 4.39 Å².